The molecular formula is C22H34N2O2. The quantitative estimate of drug-likeness (QED) is 0.806. The summed E-state index contributed by atoms with van der Waals surface area (Å²) < 4.78 is 5.27. The number of nitrogens with zero attached hydrogens (tertiary/aromatic N) is 2. The maximum absolute atomic E-state index is 12.7. The molecule has 4 heteroatoms. The molecule has 2 aliphatic heterocycles. The van der Waals surface area contributed by atoms with Crippen molar-refractivity contribution in [1.29, 1.82) is 0 Å². The Morgan fingerprint density at radius 1 is 1.12 bits per heavy atom. The van der Waals surface area contributed by atoms with E-state index < -0.39 is 0 Å². The maximum Gasteiger partial charge on any atom is 0.226 e. The number of hydrogen-bond acceptors (Lipinski definition) is 3. The fraction of sp³-hybridized carbons (Fsp3) is 0.682. The SMILES string of the molecule is COc1cccc(CC(=O)N2CCCC(CN3CCC(C)CC3)CC2)c1. The van der Waals surface area contributed by atoms with Gasteiger partial charge in [-0.25, -0.2) is 0 Å². The summed E-state index contributed by atoms with van der Waals surface area (Å²) in [5.74, 6) is 2.72. The average molecular weight is 359 g/mol. The third-order valence-electron chi connectivity index (χ3n) is 6.08. The van der Waals surface area contributed by atoms with Crippen LogP contribution in [0.4, 0.5) is 0 Å². The van der Waals surface area contributed by atoms with Crippen molar-refractivity contribution in [3.05, 3.63) is 29.8 Å². The highest BCUT2D eigenvalue weighted by atomic mass is 16.5. The van der Waals surface area contributed by atoms with Crippen molar-refractivity contribution in [2.24, 2.45) is 11.8 Å². The number of benzene rings is 1. The summed E-state index contributed by atoms with van der Waals surface area (Å²) >= 11 is 0. The molecule has 0 spiro atoms. The molecule has 2 saturated heterocycles. The summed E-state index contributed by atoms with van der Waals surface area (Å²) in [6.45, 7) is 7.94. The molecule has 4 nitrogen and oxygen atoms in total. The lowest BCUT2D eigenvalue weighted by Crippen LogP contribution is -2.37. The summed E-state index contributed by atoms with van der Waals surface area (Å²) in [5, 5.41) is 0. The zero-order valence-corrected chi connectivity index (χ0v) is 16.5. The van der Waals surface area contributed by atoms with Gasteiger partial charge in [0.1, 0.15) is 5.75 Å². The first-order valence-corrected chi connectivity index (χ1v) is 10.3. The van der Waals surface area contributed by atoms with Gasteiger partial charge in [0, 0.05) is 19.6 Å². The van der Waals surface area contributed by atoms with Gasteiger partial charge < -0.3 is 14.5 Å². The molecule has 1 unspecified atom stereocenters. The highest BCUT2D eigenvalue weighted by Gasteiger charge is 2.24. The number of methoxy groups -OCH3 is 1. The minimum absolute atomic E-state index is 0.255. The third-order valence-corrected chi connectivity index (χ3v) is 6.08. The van der Waals surface area contributed by atoms with E-state index >= 15 is 0 Å². The molecule has 0 aromatic heterocycles. The molecule has 1 aromatic carbocycles. The average Bonchev–Trinajstić information content (AvgIpc) is 2.89. The van der Waals surface area contributed by atoms with Gasteiger partial charge >= 0.3 is 0 Å². The largest absolute Gasteiger partial charge is 0.497 e. The number of ether oxygens (including phenoxy) is 1. The minimum Gasteiger partial charge on any atom is -0.497 e. The lowest BCUT2D eigenvalue weighted by atomic mass is 9.95. The molecule has 1 aromatic rings. The van der Waals surface area contributed by atoms with Crippen LogP contribution in [-0.4, -0.2) is 55.5 Å². The maximum atomic E-state index is 12.7. The van der Waals surface area contributed by atoms with Crippen molar-refractivity contribution in [1.82, 2.24) is 9.80 Å². The first-order chi connectivity index (χ1) is 12.6. The number of piperidine rings is 1. The second-order valence-electron chi connectivity index (χ2n) is 8.19. The molecule has 1 amide bonds. The molecule has 144 valence electrons. The normalized spacial score (nSPS) is 22.8. The Bertz CT molecular complexity index is 581. The van der Waals surface area contributed by atoms with E-state index in [0.717, 1.165) is 49.1 Å². The van der Waals surface area contributed by atoms with Gasteiger partial charge in [0.25, 0.3) is 0 Å². The summed E-state index contributed by atoms with van der Waals surface area (Å²) in [4.78, 5) is 17.5. The summed E-state index contributed by atoms with van der Waals surface area (Å²) in [6, 6.07) is 7.86. The van der Waals surface area contributed by atoms with E-state index in [9.17, 15) is 4.79 Å². The van der Waals surface area contributed by atoms with Crippen LogP contribution in [0.1, 0.15) is 44.6 Å². The first-order valence-electron chi connectivity index (χ1n) is 10.3. The molecule has 0 radical (unpaired) electrons. The molecule has 0 aliphatic carbocycles. The van der Waals surface area contributed by atoms with Crippen molar-refractivity contribution in [2.75, 3.05) is 39.8 Å². The van der Waals surface area contributed by atoms with Gasteiger partial charge in [-0.2, -0.15) is 0 Å². The highest BCUT2D eigenvalue weighted by molar-refractivity contribution is 5.78. The van der Waals surface area contributed by atoms with Crippen molar-refractivity contribution >= 4 is 5.91 Å². The number of hydrogen-bond donors (Lipinski definition) is 0. The van der Waals surface area contributed by atoms with E-state index in [2.05, 4.69) is 16.7 Å². The Kier molecular flexibility index (Phi) is 6.95. The van der Waals surface area contributed by atoms with Gasteiger partial charge in [-0.05, 0) is 74.7 Å². The fourth-order valence-corrected chi connectivity index (χ4v) is 4.28. The second kappa shape index (κ2) is 9.40. The van der Waals surface area contributed by atoms with Crippen molar-refractivity contribution in [3.8, 4) is 5.75 Å². The molecule has 2 fully saturated rings. The predicted octanol–water partition coefficient (Wildman–Crippen LogP) is 3.60. The molecular weight excluding hydrogens is 324 g/mol. The van der Waals surface area contributed by atoms with Gasteiger partial charge in [0.15, 0.2) is 0 Å². The van der Waals surface area contributed by atoms with Crippen molar-refractivity contribution in [2.45, 2.75) is 45.4 Å². The molecule has 2 aliphatic rings. The first kappa shape index (κ1) is 19.2. The van der Waals surface area contributed by atoms with E-state index in [-0.39, 0.29) is 5.91 Å². The summed E-state index contributed by atoms with van der Waals surface area (Å²) in [7, 11) is 1.67. The fourth-order valence-electron chi connectivity index (χ4n) is 4.28. The molecule has 0 saturated carbocycles. The Labute approximate surface area is 158 Å². The van der Waals surface area contributed by atoms with Gasteiger partial charge in [0.05, 0.1) is 13.5 Å². The zero-order chi connectivity index (χ0) is 18.4. The van der Waals surface area contributed by atoms with Crippen LogP contribution >= 0.6 is 0 Å². The van der Waals surface area contributed by atoms with Crippen LogP contribution in [0, 0.1) is 11.8 Å². The molecule has 0 N–H and O–H groups in total. The van der Waals surface area contributed by atoms with Crippen LogP contribution in [0.15, 0.2) is 24.3 Å². The molecule has 1 atom stereocenters. The third kappa shape index (κ3) is 5.47. The molecule has 2 heterocycles. The summed E-state index contributed by atoms with van der Waals surface area (Å²) in [5.41, 5.74) is 1.04. The van der Waals surface area contributed by atoms with Crippen LogP contribution in [0.3, 0.4) is 0 Å². The topological polar surface area (TPSA) is 32.8 Å². The van der Waals surface area contributed by atoms with E-state index in [0.29, 0.717) is 6.42 Å². The Morgan fingerprint density at radius 3 is 2.69 bits per heavy atom. The van der Waals surface area contributed by atoms with Crippen molar-refractivity contribution < 1.29 is 9.53 Å². The predicted molar refractivity (Wildman–Crippen MR) is 105 cm³/mol. The number of carbonyl (C=O) groups excluding carboxylic acids is 1. The Hall–Kier alpha value is -1.55. The van der Waals surface area contributed by atoms with Gasteiger partial charge in [-0.15, -0.1) is 0 Å². The number of likely N-dealkylation sites (tertiary alicyclic amines) is 2. The minimum atomic E-state index is 0.255. The van der Waals surface area contributed by atoms with E-state index in [1.54, 1.807) is 7.11 Å². The van der Waals surface area contributed by atoms with E-state index in [4.69, 9.17) is 4.74 Å². The Morgan fingerprint density at radius 2 is 1.92 bits per heavy atom. The van der Waals surface area contributed by atoms with Crippen LogP contribution < -0.4 is 4.74 Å². The van der Waals surface area contributed by atoms with E-state index in [1.165, 1.54) is 38.9 Å². The molecule has 3 rings (SSSR count). The number of carbonyl (C=O) groups is 1. The van der Waals surface area contributed by atoms with Gasteiger partial charge in [0.2, 0.25) is 5.91 Å². The monoisotopic (exact) mass is 358 g/mol. The lowest BCUT2D eigenvalue weighted by Gasteiger charge is -2.32. The molecule has 0 bridgehead atoms. The van der Waals surface area contributed by atoms with Gasteiger partial charge in [-0.1, -0.05) is 19.1 Å². The molecule has 26 heavy (non-hydrogen) atoms. The zero-order valence-electron chi connectivity index (χ0n) is 16.5. The lowest BCUT2D eigenvalue weighted by molar-refractivity contribution is -0.130. The summed E-state index contributed by atoms with van der Waals surface area (Å²) in [6.07, 6.45) is 6.71. The van der Waals surface area contributed by atoms with E-state index in [1.807, 2.05) is 24.3 Å². The van der Waals surface area contributed by atoms with Crippen LogP contribution in [0.2, 0.25) is 0 Å². The van der Waals surface area contributed by atoms with Crippen LogP contribution in [0.25, 0.3) is 0 Å². The number of amides is 1. The highest BCUT2D eigenvalue weighted by Crippen LogP contribution is 2.23. The van der Waals surface area contributed by atoms with Crippen LogP contribution in [0.5, 0.6) is 5.75 Å². The van der Waals surface area contributed by atoms with Crippen LogP contribution in [-0.2, 0) is 11.2 Å². The van der Waals surface area contributed by atoms with Gasteiger partial charge in [-0.3, -0.25) is 4.79 Å². The smallest absolute Gasteiger partial charge is 0.226 e. The number of rotatable bonds is 5. The Balaban J connectivity index is 1.47. The second-order valence-corrected chi connectivity index (χ2v) is 8.19. The van der Waals surface area contributed by atoms with Crippen molar-refractivity contribution in [3.63, 3.8) is 0 Å². The standard InChI is InChI=1S/C22H34N2O2/c1-18-8-12-23(13-9-18)17-19-6-4-11-24(14-10-19)22(25)16-20-5-3-7-21(15-20)26-2/h3,5,7,15,18-19H,4,6,8-14,16-17H2,1-2H3.